The normalized spacial score (nSPS) is 14.8. The van der Waals surface area contributed by atoms with E-state index in [4.69, 9.17) is 14.2 Å². The van der Waals surface area contributed by atoms with Crippen LogP contribution in [0.5, 0.6) is 11.5 Å². The van der Waals surface area contributed by atoms with Crippen LogP contribution < -0.4 is 14.2 Å². The number of esters is 1. The van der Waals surface area contributed by atoms with Gasteiger partial charge in [-0.2, -0.15) is 5.10 Å². The molecule has 0 atom stereocenters. The molecule has 2 heterocycles. The smallest absolute Gasteiger partial charge is 0.338 e. The molecule has 31 heavy (non-hydrogen) atoms. The monoisotopic (exact) mass is 507 g/mol. The molecule has 1 aliphatic heterocycles. The molecule has 4 bridgehead atoms. The van der Waals surface area contributed by atoms with Crippen LogP contribution in [0, 0.1) is 0 Å². The molecule has 0 spiro atoms. The summed E-state index contributed by atoms with van der Waals surface area (Å²) in [6.45, 7) is -0.0878. The van der Waals surface area contributed by atoms with Gasteiger partial charge in [0.05, 0.1) is 29.9 Å². The molecule has 1 aliphatic rings. The van der Waals surface area contributed by atoms with E-state index in [1.807, 2.05) is 0 Å². The van der Waals surface area contributed by atoms with Gasteiger partial charge < -0.3 is 14.2 Å². The molecule has 0 fully saturated rings. The predicted molar refractivity (Wildman–Crippen MR) is 116 cm³/mol. The van der Waals surface area contributed by atoms with Crippen molar-refractivity contribution in [2.24, 2.45) is 7.05 Å². The number of nitrogens with one attached hydrogen (secondary N) is 1. The van der Waals surface area contributed by atoms with Crippen molar-refractivity contribution in [2.45, 2.75) is 11.5 Å². The number of benzene rings is 2. The number of hydrogen-bond acceptors (Lipinski definition) is 7. The molecule has 1 aromatic heterocycles. The van der Waals surface area contributed by atoms with E-state index in [1.165, 1.54) is 26.4 Å². The largest absolute Gasteiger partial charge is 0.495 e. The van der Waals surface area contributed by atoms with Crippen molar-refractivity contribution < 1.29 is 27.4 Å². The average Bonchev–Trinajstić information content (AvgIpc) is 3.11. The summed E-state index contributed by atoms with van der Waals surface area (Å²) in [5.74, 6) is -0.311. The maximum absolute atomic E-state index is 13.3. The van der Waals surface area contributed by atoms with E-state index in [-0.39, 0.29) is 28.5 Å². The van der Waals surface area contributed by atoms with Crippen molar-refractivity contribution >= 4 is 37.6 Å². The molecule has 3 aromatic rings. The van der Waals surface area contributed by atoms with Gasteiger partial charge in [0.1, 0.15) is 22.9 Å². The highest BCUT2D eigenvalue weighted by molar-refractivity contribution is 9.10. The highest BCUT2D eigenvalue weighted by Gasteiger charge is 2.27. The number of carbonyl (C=O) groups is 1. The Bertz CT molecular complexity index is 1300. The summed E-state index contributed by atoms with van der Waals surface area (Å²) < 4.78 is 47.1. The predicted octanol–water partition coefficient (Wildman–Crippen LogP) is 3.34. The van der Waals surface area contributed by atoms with Gasteiger partial charge in [0.25, 0.3) is 10.0 Å². The summed E-state index contributed by atoms with van der Waals surface area (Å²) in [5.41, 5.74) is 2.18. The molecule has 0 saturated carbocycles. The molecule has 0 saturated heterocycles. The third-order valence-corrected chi connectivity index (χ3v) is 6.70. The number of nitrogens with zero attached hydrogens (tertiary/aromatic N) is 2. The first-order valence-corrected chi connectivity index (χ1v) is 11.3. The minimum absolute atomic E-state index is 0.0449. The van der Waals surface area contributed by atoms with E-state index >= 15 is 0 Å². The lowest BCUT2D eigenvalue weighted by atomic mass is 10.1. The summed E-state index contributed by atoms with van der Waals surface area (Å²) in [7, 11) is 0.369. The van der Waals surface area contributed by atoms with Crippen LogP contribution in [-0.4, -0.2) is 38.4 Å². The Balaban J connectivity index is 1.99. The standard InChI is InChI=1S/C20H18BrN3O6S/c1-24-9-13-11-4-5-17(28-2)15(7-11)23-31(26,27)18-8-12(6-14(21)19(18)29-3)20(25)30-10-16(13)22-24/h4-9,23H,10H2,1-3H3. The van der Waals surface area contributed by atoms with Crippen molar-refractivity contribution in [3.05, 3.63) is 52.3 Å². The van der Waals surface area contributed by atoms with Crippen LogP contribution in [0.1, 0.15) is 16.1 Å². The van der Waals surface area contributed by atoms with E-state index in [1.54, 1.807) is 36.1 Å². The highest BCUT2D eigenvalue weighted by Crippen LogP contribution is 2.38. The first-order valence-electron chi connectivity index (χ1n) is 9.02. The second-order valence-electron chi connectivity index (χ2n) is 6.75. The molecule has 0 radical (unpaired) electrons. The van der Waals surface area contributed by atoms with Crippen molar-refractivity contribution in [1.29, 1.82) is 0 Å². The van der Waals surface area contributed by atoms with E-state index in [9.17, 15) is 13.2 Å². The molecular formula is C20H18BrN3O6S. The van der Waals surface area contributed by atoms with Crippen LogP contribution in [0.4, 0.5) is 5.69 Å². The zero-order valence-electron chi connectivity index (χ0n) is 16.8. The number of hydrogen-bond donors (Lipinski definition) is 1. The Hall–Kier alpha value is -3.05. The number of halogens is 1. The highest BCUT2D eigenvalue weighted by atomic mass is 79.9. The molecule has 0 aliphatic carbocycles. The number of aromatic nitrogens is 2. The zero-order valence-corrected chi connectivity index (χ0v) is 19.2. The molecule has 9 nitrogen and oxygen atoms in total. The number of carbonyl (C=O) groups excluding carboxylic acids is 1. The fraction of sp³-hybridized carbons (Fsp3) is 0.200. The molecule has 0 unspecified atom stereocenters. The maximum Gasteiger partial charge on any atom is 0.338 e. The molecule has 0 amide bonds. The number of anilines is 1. The lowest BCUT2D eigenvalue weighted by molar-refractivity contribution is 0.0467. The number of ether oxygens (including phenoxy) is 3. The first-order chi connectivity index (χ1) is 14.7. The SMILES string of the molecule is COc1ccc2cc1NS(=O)(=O)c1cc(cc(Br)c1OC)C(=O)OCc1nn(C)cc1-2. The van der Waals surface area contributed by atoms with Gasteiger partial charge >= 0.3 is 5.97 Å². The summed E-state index contributed by atoms with van der Waals surface area (Å²) in [5, 5.41) is 4.38. The fourth-order valence-corrected chi connectivity index (χ4v) is 5.37. The van der Waals surface area contributed by atoms with E-state index in [0.29, 0.717) is 27.0 Å². The second-order valence-corrected chi connectivity index (χ2v) is 9.25. The van der Waals surface area contributed by atoms with Crippen molar-refractivity contribution in [2.75, 3.05) is 18.9 Å². The van der Waals surface area contributed by atoms with Gasteiger partial charge in [0, 0.05) is 18.8 Å². The summed E-state index contributed by atoms with van der Waals surface area (Å²) in [6, 6.07) is 7.72. The minimum Gasteiger partial charge on any atom is -0.495 e. The third kappa shape index (κ3) is 3.86. The average molecular weight is 508 g/mol. The number of aryl methyl sites for hydroxylation is 1. The number of fused-ring (bicyclic) bond motifs is 6. The Morgan fingerprint density at radius 3 is 2.65 bits per heavy atom. The Morgan fingerprint density at radius 1 is 1.16 bits per heavy atom. The number of cyclic esters (lactones) is 1. The topological polar surface area (TPSA) is 109 Å². The Labute approximate surface area is 187 Å². The van der Waals surface area contributed by atoms with E-state index in [2.05, 4.69) is 25.8 Å². The lowest BCUT2D eigenvalue weighted by Gasteiger charge is -2.16. The lowest BCUT2D eigenvalue weighted by Crippen LogP contribution is -2.16. The second kappa shape index (κ2) is 7.89. The zero-order chi connectivity index (χ0) is 22.3. The van der Waals surface area contributed by atoms with Gasteiger partial charge in [-0.05, 0) is 45.8 Å². The molecule has 4 rings (SSSR count). The number of methoxy groups -OCH3 is 2. The van der Waals surface area contributed by atoms with Crippen molar-refractivity contribution in [3.8, 4) is 22.6 Å². The van der Waals surface area contributed by atoms with Gasteiger partial charge in [0.2, 0.25) is 0 Å². The van der Waals surface area contributed by atoms with Crippen molar-refractivity contribution in [1.82, 2.24) is 9.78 Å². The number of rotatable bonds is 2. The van der Waals surface area contributed by atoms with Gasteiger partial charge in [-0.1, -0.05) is 6.07 Å². The number of sulfonamides is 1. The summed E-state index contributed by atoms with van der Waals surface area (Å²) >= 11 is 3.27. The Morgan fingerprint density at radius 2 is 1.94 bits per heavy atom. The van der Waals surface area contributed by atoms with Gasteiger partial charge in [0.15, 0.2) is 5.75 Å². The Kier molecular flexibility index (Phi) is 5.40. The molecule has 11 heteroatoms. The van der Waals surface area contributed by atoms with Gasteiger partial charge in [-0.3, -0.25) is 9.40 Å². The molecule has 162 valence electrons. The van der Waals surface area contributed by atoms with Crippen LogP contribution >= 0.6 is 15.9 Å². The van der Waals surface area contributed by atoms with Gasteiger partial charge in [-0.25, -0.2) is 13.2 Å². The quantitative estimate of drug-likeness (QED) is 0.529. The fourth-order valence-electron chi connectivity index (χ4n) is 3.34. The maximum atomic E-state index is 13.3. The minimum atomic E-state index is -4.17. The van der Waals surface area contributed by atoms with Crippen LogP contribution in [0.25, 0.3) is 11.1 Å². The van der Waals surface area contributed by atoms with Crippen LogP contribution in [0.15, 0.2) is 45.9 Å². The third-order valence-electron chi connectivity index (χ3n) is 4.74. The van der Waals surface area contributed by atoms with Crippen LogP contribution in [-0.2, 0) is 28.4 Å². The van der Waals surface area contributed by atoms with Crippen LogP contribution in [0.3, 0.4) is 0 Å². The molecule has 1 N–H and O–H groups in total. The van der Waals surface area contributed by atoms with E-state index < -0.39 is 16.0 Å². The summed E-state index contributed by atoms with van der Waals surface area (Å²) in [6.07, 6.45) is 1.77. The molecule has 2 aromatic carbocycles. The summed E-state index contributed by atoms with van der Waals surface area (Å²) in [4.78, 5) is 12.5. The van der Waals surface area contributed by atoms with Crippen LogP contribution in [0.2, 0.25) is 0 Å². The molecular weight excluding hydrogens is 490 g/mol. The van der Waals surface area contributed by atoms with Crippen molar-refractivity contribution in [3.63, 3.8) is 0 Å². The first kappa shape index (κ1) is 21.2. The van der Waals surface area contributed by atoms with Gasteiger partial charge in [-0.15, -0.1) is 0 Å². The van der Waals surface area contributed by atoms with E-state index in [0.717, 1.165) is 0 Å².